The van der Waals surface area contributed by atoms with Crippen LogP contribution in [-0.4, -0.2) is 6.79 Å². The van der Waals surface area contributed by atoms with E-state index in [2.05, 4.69) is 6.79 Å². The smallest absolute Gasteiger partial charge is 1.00 e. The molecule has 0 aliphatic heterocycles. The minimum atomic E-state index is 0. The topological polar surface area (TPSA) is 17.1 Å². The summed E-state index contributed by atoms with van der Waals surface area (Å²) in [5.74, 6) is 0. The van der Waals surface area contributed by atoms with E-state index in [4.69, 9.17) is 4.79 Å². The van der Waals surface area contributed by atoms with Gasteiger partial charge in [0.15, 0.2) is 0 Å². The molecule has 0 atom stereocenters. The van der Waals surface area contributed by atoms with Crippen molar-refractivity contribution >= 4 is 6.79 Å². The summed E-state index contributed by atoms with van der Waals surface area (Å²) in [6, 6.07) is 0. The fourth-order valence-corrected chi connectivity index (χ4v) is 0. The number of halogens is 2. The quantitative estimate of drug-likeness (QED) is 0.324. The minimum absolute atomic E-state index is 0. The minimum Gasteiger partial charge on any atom is -1.00 e. The van der Waals surface area contributed by atoms with Crippen LogP contribution in [0.4, 0.5) is 0 Å². The molecule has 3 radical (unpaired) electrons. The first-order valence-corrected chi connectivity index (χ1v) is 0.204. The molecule has 0 unspecified atom stereocenters. The van der Waals surface area contributed by atoms with E-state index in [1.807, 2.05) is 0 Å². The number of hydrogen-bond donors (Lipinski definition) is 0. The molecule has 0 bridgehead atoms. The summed E-state index contributed by atoms with van der Waals surface area (Å²) in [7, 11) is 0. The fourth-order valence-electron chi connectivity index (χ4n) is 0. The third-order valence-electron chi connectivity index (χ3n) is 0. The van der Waals surface area contributed by atoms with Gasteiger partial charge in [0.1, 0.15) is 0 Å². The molecule has 0 saturated carbocycles. The van der Waals surface area contributed by atoms with Crippen molar-refractivity contribution in [1.82, 2.24) is 0 Å². The van der Waals surface area contributed by atoms with Crippen molar-refractivity contribution in [3.8, 4) is 0 Å². The van der Waals surface area contributed by atoms with Crippen molar-refractivity contribution < 1.29 is 46.7 Å². The van der Waals surface area contributed by atoms with Crippen LogP contribution in [0.5, 0.6) is 0 Å². The predicted molar refractivity (Wildman–Crippen MR) is 5.69 cm³/mol. The Morgan fingerprint density at radius 1 is 1.00 bits per heavy atom. The Balaban J connectivity index is -0.00000000167. The van der Waals surface area contributed by atoms with Gasteiger partial charge in [-0.2, -0.15) is 0 Å². The van der Waals surface area contributed by atoms with E-state index in [-0.39, 0.29) is 41.9 Å². The Kier molecular flexibility index (Phi) is 960. The third-order valence-corrected chi connectivity index (χ3v) is 0. The van der Waals surface area contributed by atoms with Crippen LogP contribution in [0.3, 0.4) is 0 Å². The molecule has 0 saturated heterocycles. The third kappa shape index (κ3) is 61.8. The molecule has 0 heterocycles. The zero-order valence-electron chi connectivity index (χ0n) is 1.97. The van der Waals surface area contributed by atoms with Crippen molar-refractivity contribution in [2.45, 2.75) is 0 Å². The summed E-state index contributed by atoms with van der Waals surface area (Å²) in [4.78, 5) is 7.50. The molecule has 0 N–H and O–H groups in total. The van der Waals surface area contributed by atoms with Crippen LogP contribution < -0.4 is 24.8 Å². The van der Waals surface area contributed by atoms with Gasteiger partial charge in [0.05, 0.1) is 0 Å². The second-order valence-corrected chi connectivity index (χ2v) is 0. The molecule has 35 valence electrons. The Morgan fingerprint density at radius 2 is 1.00 bits per heavy atom. The van der Waals surface area contributed by atoms with Gasteiger partial charge < -0.3 is 24.8 Å². The van der Waals surface area contributed by atoms with Crippen LogP contribution >= 0.6 is 0 Å². The van der Waals surface area contributed by atoms with Gasteiger partial charge in [-0.05, 0) is 0 Å². The van der Waals surface area contributed by atoms with Gasteiger partial charge in [-0.15, -0.1) is 0 Å². The summed E-state index contributed by atoms with van der Waals surface area (Å²) in [5, 5.41) is 0. The summed E-state index contributed by atoms with van der Waals surface area (Å²) >= 11 is 0. The number of carbonyl (C=O) groups excluding carboxylic acids is 1. The van der Waals surface area contributed by atoms with Crippen molar-refractivity contribution in [2.24, 2.45) is 0 Å². The zero-order chi connectivity index (χ0) is 2.00. The largest absolute Gasteiger partial charge is 2.00 e. The molecule has 0 aromatic rings. The second-order valence-electron chi connectivity index (χ2n) is 0. The van der Waals surface area contributed by atoms with E-state index >= 15 is 0 Å². The maximum Gasteiger partial charge on any atom is 2.00 e. The Hall–Kier alpha value is 0.769. The molecular weight excluding hydrogens is 162 g/mol. The van der Waals surface area contributed by atoms with Gasteiger partial charge in [0, 0.05) is 0 Å². The molecule has 0 aliphatic rings. The zero-order valence-corrected chi connectivity index (χ0v) is 4.42. The van der Waals surface area contributed by atoms with E-state index in [0.717, 1.165) is 0 Å². The van der Waals surface area contributed by atoms with Gasteiger partial charge in [-0.25, -0.2) is 0 Å². The van der Waals surface area contributed by atoms with E-state index in [1.165, 1.54) is 0 Å². The first kappa shape index (κ1) is 41.9. The van der Waals surface area contributed by atoms with Crippen LogP contribution in [0.25, 0.3) is 0 Å². The van der Waals surface area contributed by atoms with Gasteiger partial charge in [0.25, 0.3) is 6.79 Å². The normalized spacial score (nSPS) is 0.800. The molecule has 0 rings (SSSR count). The van der Waals surface area contributed by atoms with Crippen LogP contribution in [0.1, 0.15) is 0 Å². The standard InChI is InChI=1S/CO.2ClH.Cu/c1-2;;;/h;2*1H;/q;;;+2/p-2. The first-order chi connectivity index (χ1) is 1.00. The fraction of sp³-hybridized carbons (Fsp3) is 0. The molecular formula is CCl2CuO. The van der Waals surface area contributed by atoms with Crippen molar-refractivity contribution in [2.75, 3.05) is 0 Å². The van der Waals surface area contributed by atoms with Gasteiger partial charge in [-0.1, -0.05) is 0 Å². The maximum atomic E-state index is 7.50. The summed E-state index contributed by atoms with van der Waals surface area (Å²) < 4.78 is 0. The van der Waals surface area contributed by atoms with Crippen molar-refractivity contribution in [3.05, 3.63) is 0 Å². The van der Waals surface area contributed by atoms with Gasteiger partial charge in [0.2, 0.25) is 0 Å². The SMILES string of the molecule is [C]=O.[Cl-].[Cl-].[Cu+2]. The monoisotopic (exact) mass is 161 g/mol. The van der Waals surface area contributed by atoms with Crippen molar-refractivity contribution in [3.63, 3.8) is 0 Å². The summed E-state index contributed by atoms with van der Waals surface area (Å²) in [6.45, 7) is 4.50. The van der Waals surface area contributed by atoms with Crippen molar-refractivity contribution in [1.29, 1.82) is 0 Å². The molecule has 0 fully saturated rings. The molecule has 0 aliphatic carbocycles. The van der Waals surface area contributed by atoms with Gasteiger partial charge >= 0.3 is 17.1 Å². The first-order valence-electron chi connectivity index (χ1n) is 0.204. The van der Waals surface area contributed by atoms with Crippen LogP contribution in [0, 0.1) is 0 Å². The van der Waals surface area contributed by atoms with E-state index in [1.54, 1.807) is 0 Å². The Morgan fingerprint density at radius 3 is 1.00 bits per heavy atom. The average molecular weight is 162 g/mol. The molecule has 0 spiro atoms. The molecule has 0 amide bonds. The van der Waals surface area contributed by atoms with E-state index in [9.17, 15) is 0 Å². The van der Waals surface area contributed by atoms with Crippen LogP contribution in [-0.2, 0) is 21.9 Å². The Bertz CT molecular complexity index is 9.61. The second kappa shape index (κ2) is 114. The summed E-state index contributed by atoms with van der Waals surface area (Å²) in [5.41, 5.74) is 0. The van der Waals surface area contributed by atoms with E-state index < -0.39 is 0 Å². The summed E-state index contributed by atoms with van der Waals surface area (Å²) in [6.07, 6.45) is 0. The number of rotatable bonds is 0. The van der Waals surface area contributed by atoms with Gasteiger partial charge in [-0.3, -0.25) is 4.79 Å². The maximum absolute atomic E-state index is 7.50. The average Bonchev–Trinajstić information content (AvgIpc) is 1.00. The molecule has 1 nitrogen and oxygen atoms in total. The van der Waals surface area contributed by atoms with Crippen LogP contribution in [0.2, 0.25) is 0 Å². The molecule has 0 aromatic carbocycles. The number of hydrogen-bond acceptors (Lipinski definition) is 1. The molecule has 4 heteroatoms. The predicted octanol–water partition coefficient (Wildman–Crippen LogP) is -6.39. The molecule has 0 aromatic heterocycles. The van der Waals surface area contributed by atoms with E-state index in [0.29, 0.717) is 0 Å². The molecule has 5 heavy (non-hydrogen) atoms. The Labute approximate surface area is 53.8 Å². The van der Waals surface area contributed by atoms with Crippen LogP contribution in [0.15, 0.2) is 0 Å².